The Hall–Kier alpha value is -2.64. The summed E-state index contributed by atoms with van der Waals surface area (Å²) >= 11 is 0. The number of anilines is 1. The van der Waals surface area contributed by atoms with Crippen LogP contribution in [0.15, 0.2) is 36.4 Å². The number of piperidine rings is 1. The molecule has 0 bridgehead atoms. The van der Waals surface area contributed by atoms with Crippen LogP contribution in [-0.2, 0) is 0 Å². The summed E-state index contributed by atoms with van der Waals surface area (Å²) < 4.78 is 14.6. The highest BCUT2D eigenvalue weighted by Crippen LogP contribution is 2.29. The van der Waals surface area contributed by atoms with Crippen LogP contribution >= 0.6 is 0 Å². The number of phenols is 1. The molecule has 2 aromatic heterocycles. The lowest BCUT2D eigenvalue weighted by Gasteiger charge is -2.34. The van der Waals surface area contributed by atoms with Crippen LogP contribution in [-0.4, -0.2) is 50.6 Å². The number of aromatic nitrogens is 2. The first-order valence-electron chi connectivity index (χ1n) is 8.11. The van der Waals surface area contributed by atoms with Crippen molar-refractivity contribution in [1.82, 2.24) is 9.97 Å². The second kappa shape index (κ2) is 6.02. The van der Waals surface area contributed by atoms with Gasteiger partial charge in [-0.15, -0.1) is 0 Å². The second-order valence-electron chi connectivity index (χ2n) is 6.33. The fourth-order valence-electron chi connectivity index (χ4n) is 3.19. The maximum absolute atomic E-state index is 14.6. The highest BCUT2D eigenvalue weighted by atomic mass is 19.1. The molecule has 2 atom stereocenters. The number of hydrogen-bond acceptors (Lipinski definition) is 5. The van der Waals surface area contributed by atoms with E-state index in [1.165, 1.54) is 0 Å². The summed E-state index contributed by atoms with van der Waals surface area (Å²) in [5.74, 6) is -0.0346. The van der Waals surface area contributed by atoms with E-state index in [9.17, 15) is 19.7 Å². The summed E-state index contributed by atoms with van der Waals surface area (Å²) in [6, 6.07) is 10.0. The van der Waals surface area contributed by atoms with E-state index in [0.717, 1.165) is 10.9 Å². The third-order valence-electron chi connectivity index (χ3n) is 4.60. The summed E-state index contributed by atoms with van der Waals surface area (Å²) in [5.41, 5.74) is 1.70. The molecule has 0 amide bonds. The van der Waals surface area contributed by atoms with Crippen LogP contribution in [0.3, 0.4) is 0 Å². The Morgan fingerprint density at radius 3 is 2.72 bits per heavy atom. The lowest BCUT2D eigenvalue weighted by atomic mass is 10.1. The standard InChI is InChI=1S/C18H18FN3O3/c19-18-12(14-8-10-7-11(23)1-3-13(10)20-14)2-4-17(21-18)22-6-5-15(24)16(25)9-22/h1-4,7-8,15-16,20,23-25H,5-6,9H2/t15-,16-/m1/s1. The van der Waals surface area contributed by atoms with Gasteiger partial charge in [-0.3, -0.25) is 0 Å². The molecule has 0 saturated carbocycles. The van der Waals surface area contributed by atoms with E-state index in [-0.39, 0.29) is 12.3 Å². The molecule has 6 nitrogen and oxygen atoms in total. The maximum Gasteiger partial charge on any atom is 0.224 e. The number of fused-ring (bicyclic) bond motifs is 1. The number of H-pyrrole nitrogens is 1. The molecule has 0 aliphatic carbocycles. The number of halogens is 1. The summed E-state index contributed by atoms with van der Waals surface area (Å²) in [5, 5.41) is 29.7. The number of benzene rings is 1. The zero-order chi connectivity index (χ0) is 17.6. The molecule has 1 aromatic carbocycles. The highest BCUT2D eigenvalue weighted by molar-refractivity contribution is 5.87. The van der Waals surface area contributed by atoms with E-state index < -0.39 is 18.2 Å². The van der Waals surface area contributed by atoms with Gasteiger partial charge < -0.3 is 25.2 Å². The molecule has 130 valence electrons. The van der Waals surface area contributed by atoms with Crippen molar-refractivity contribution >= 4 is 16.7 Å². The van der Waals surface area contributed by atoms with Crippen LogP contribution in [0.25, 0.3) is 22.2 Å². The van der Waals surface area contributed by atoms with E-state index in [1.54, 1.807) is 41.3 Å². The number of aliphatic hydroxyl groups excluding tert-OH is 2. The topological polar surface area (TPSA) is 92.6 Å². The number of aromatic amines is 1. The van der Waals surface area contributed by atoms with Crippen molar-refractivity contribution in [3.63, 3.8) is 0 Å². The maximum atomic E-state index is 14.6. The molecular weight excluding hydrogens is 325 g/mol. The number of aromatic hydroxyl groups is 1. The molecule has 4 N–H and O–H groups in total. The van der Waals surface area contributed by atoms with Crippen molar-refractivity contribution < 1.29 is 19.7 Å². The van der Waals surface area contributed by atoms with Crippen molar-refractivity contribution in [3.8, 4) is 17.0 Å². The van der Waals surface area contributed by atoms with Crippen LogP contribution in [0.5, 0.6) is 5.75 Å². The first-order valence-corrected chi connectivity index (χ1v) is 8.11. The Bertz CT molecular complexity index is 927. The summed E-state index contributed by atoms with van der Waals surface area (Å²) in [7, 11) is 0. The molecule has 7 heteroatoms. The van der Waals surface area contributed by atoms with E-state index in [4.69, 9.17) is 0 Å². The van der Waals surface area contributed by atoms with E-state index in [1.807, 2.05) is 0 Å². The third-order valence-corrected chi connectivity index (χ3v) is 4.60. The van der Waals surface area contributed by atoms with Gasteiger partial charge in [0.2, 0.25) is 5.95 Å². The minimum absolute atomic E-state index is 0.151. The van der Waals surface area contributed by atoms with Gasteiger partial charge >= 0.3 is 0 Å². The molecule has 0 unspecified atom stereocenters. The van der Waals surface area contributed by atoms with E-state index >= 15 is 0 Å². The first kappa shape index (κ1) is 15.9. The number of phenolic OH excluding ortho intramolecular Hbond substituents is 1. The minimum Gasteiger partial charge on any atom is -0.508 e. The smallest absolute Gasteiger partial charge is 0.224 e. The average molecular weight is 343 g/mol. The average Bonchev–Trinajstić information content (AvgIpc) is 3.00. The van der Waals surface area contributed by atoms with Gasteiger partial charge in [0, 0.05) is 24.0 Å². The van der Waals surface area contributed by atoms with Gasteiger partial charge in [0.05, 0.1) is 23.5 Å². The fraction of sp³-hybridized carbons (Fsp3) is 0.278. The predicted molar refractivity (Wildman–Crippen MR) is 92.0 cm³/mol. The molecule has 1 saturated heterocycles. The van der Waals surface area contributed by atoms with Gasteiger partial charge in [-0.05, 0) is 42.8 Å². The third kappa shape index (κ3) is 2.92. The van der Waals surface area contributed by atoms with Crippen molar-refractivity contribution in [3.05, 3.63) is 42.3 Å². The van der Waals surface area contributed by atoms with E-state index in [0.29, 0.717) is 30.0 Å². The zero-order valence-corrected chi connectivity index (χ0v) is 13.4. The summed E-state index contributed by atoms with van der Waals surface area (Å²) in [4.78, 5) is 8.89. The van der Waals surface area contributed by atoms with Gasteiger partial charge in [0.1, 0.15) is 11.6 Å². The Labute approximate surface area is 143 Å². The number of aliphatic hydroxyl groups is 2. The molecule has 0 spiro atoms. The van der Waals surface area contributed by atoms with Crippen molar-refractivity contribution in [1.29, 1.82) is 0 Å². The first-order chi connectivity index (χ1) is 12.0. The molecule has 1 aliphatic heterocycles. The highest BCUT2D eigenvalue weighted by Gasteiger charge is 2.27. The van der Waals surface area contributed by atoms with Crippen molar-refractivity contribution in [2.75, 3.05) is 18.0 Å². The number of nitrogens with zero attached hydrogens (tertiary/aromatic N) is 2. The van der Waals surface area contributed by atoms with Crippen LogP contribution in [0.1, 0.15) is 6.42 Å². The number of pyridine rings is 1. The monoisotopic (exact) mass is 343 g/mol. The lowest BCUT2D eigenvalue weighted by molar-refractivity contribution is 0.00784. The van der Waals surface area contributed by atoms with Crippen LogP contribution in [0.4, 0.5) is 10.2 Å². The predicted octanol–water partition coefficient (Wildman–Crippen LogP) is 2.01. The van der Waals surface area contributed by atoms with E-state index in [2.05, 4.69) is 9.97 Å². The molecular formula is C18H18FN3O3. The van der Waals surface area contributed by atoms with Crippen molar-refractivity contribution in [2.45, 2.75) is 18.6 Å². The minimum atomic E-state index is -0.861. The molecule has 3 aromatic rings. The zero-order valence-electron chi connectivity index (χ0n) is 13.4. The van der Waals surface area contributed by atoms with Crippen LogP contribution in [0.2, 0.25) is 0 Å². The van der Waals surface area contributed by atoms with Gasteiger partial charge in [0.15, 0.2) is 0 Å². The molecule has 1 aliphatic rings. The molecule has 4 rings (SSSR count). The summed E-state index contributed by atoms with van der Waals surface area (Å²) in [6.45, 7) is 0.730. The fourth-order valence-corrected chi connectivity index (χ4v) is 3.19. The molecule has 1 fully saturated rings. The number of hydrogen-bond donors (Lipinski definition) is 4. The Morgan fingerprint density at radius 2 is 1.96 bits per heavy atom. The lowest BCUT2D eigenvalue weighted by Crippen LogP contribution is -2.47. The molecule has 25 heavy (non-hydrogen) atoms. The SMILES string of the molecule is Oc1ccc2[nH]c(-c3ccc(N4CC[C@@H](O)[C@H](O)C4)nc3F)cc2c1. The molecule has 3 heterocycles. The number of β-amino-alcohol motifs (C(OH)–C–C–N with tert-alkyl or cyclic N) is 1. The largest absolute Gasteiger partial charge is 0.508 e. The molecule has 0 radical (unpaired) electrons. The second-order valence-corrected chi connectivity index (χ2v) is 6.33. The summed E-state index contributed by atoms with van der Waals surface area (Å²) in [6.07, 6.45) is -1.19. The van der Waals surface area contributed by atoms with Gasteiger partial charge in [0.25, 0.3) is 0 Å². The Morgan fingerprint density at radius 1 is 1.12 bits per heavy atom. The Balaban J connectivity index is 1.65. The number of rotatable bonds is 2. The van der Waals surface area contributed by atoms with Gasteiger partial charge in [-0.2, -0.15) is 4.39 Å². The van der Waals surface area contributed by atoms with Crippen LogP contribution in [0, 0.1) is 5.95 Å². The van der Waals surface area contributed by atoms with Crippen molar-refractivity contribution in [2.24, 2.45) is 0 Å². The normalized spacial score (nSPS) is 21.0. The van der Waals surface area contributed by atoms with Gasteiger partial charge in [-0.25, -0.2) is 4.98 Å². The van der Waals surface area contributed by atoms with Crippen LogP contribution < -0.4 is 4.90 Å². The van der Waals surface area contributed by atoms with Gasteiger partial charge in [-0.1, -0.05) is 0 Å². The Kier molecular flexibility index (Phi) is 3.82. The quantitative estimate of drug-likeness (QED) is 0.534. The number of nitrogens with one attached hydrogen (secondary N) is 1.